The second-order valence-electron chi connectivity index (χ2n) is 9.46. The second-order valence-corrected chi connectivity index (χ2v) is 9.46. The molecule has 13 heteroatoms. The molecule has 0 amide bonds. The summed E-state index contributed by atoms with van der Waals surface area (Å²) in [4.78, 5) is 60.7. The van der Waals surface area contributed by atoms with Gasteiger partial charge < -0.3 is 37.9 Å². The lowest BCUT2D eigenvalue weighted by molar-refractivity contribution is -0.288. The first kappa shape index (κ1) is 29.6. The Hall–Kier alpha value is -4.39. The highest BCUT2D eigenvalue weighted by atomic mass is 16.7. The Kier molecular flexibility index (Phi) is 8.66. The molecular formula is C28H30O13. The summed E-state index contributed by atoms with van der Waals surface area (Å²) in [6.45, 7) is 5.78. The van der Waals surface area contributed by atoms with Crippen LogP contribution in [0.4, 0.5) is 0 Å². The van der Waals surface area contributed by atoms with Gasteiger partial charge in [-0.15, -0.1) is 0 Å². The highest BCUT2D eigenvalue weighted by Gasteiger charge is 2.54. The van der Waals surface area contributed by atoms with E-state index in [1.807, 2.05) is 0 Å². The molecule has 0 aromatic heterocycles. The van der Waals surface area contributed by atoms with Crippen LogP contribution in [-0.4, -0.2) is 74.3 Å². The number of hydrogen-bond donors (Lipinski definition) is 0. The first-order chi connectivity index (χ1) is 19.4. The van der Waals surface area contributed by atoms with E-state index in [1.165, 1.54) is 14.0 Å². The van der Waals surface area contributed by atoms with Crippen LogP contribution in [0.15, 0.2) is 24.3 Å². The molecule has 0 N–H and O–H groups in total. The van der Waals surface area contributed by atoms with E-state index in [0.29, 0.717) is 22.1 Å². The minimum Gasteiger partial charge on any atom is -0.496 e. The van der Waals surface area contributed by atoms with E-state index in [0.717, 1.165) is 20.8 Å². The smallest absolute Gasteiger partial charge is 0.339 e. The van der Waals surface area contributed by atoms with Crippen LogP contribution in [-0.2, 0) is 47.6 Å². The van der Waals surface area contributed by atoms with E-state index < -0.39 is 73.3 Å². The summed E-state index contributed by atoms with van der Waals surface area (Å²) in [6, 6.07) is 6.82. The van der Waals surface area contributed by atoms with Gasteiger partial charge in [-0.05, 0) is 24.4 Å². The monoisotopic (exact) mass is 574 g/mol. The highest BCUT2D eigenvalue weighted by Crippen LogP contribution is 2.46. The Morgan fingerprint density at radius 3 is 2.12 bits per heavy atom. The van der Waals surface area contributed by atoms with Crippen molar-refractivity contribution in [2.24, 2.45) is 0 Å². The number of carbonyl (C=O) groups excluding carboxylic acids is 5. The maximum Gasteiger partial charge on any atom is 0.339 e. The fourth-order valence-corrected chi connectivity index (χ4v) is 4.95. The Morgan fingerprint density at radius 2 is 1.51 bits per heavy atom. The maximum absolute atomic E-state index is 12.7. The van der Waals surface area contributed by atoms with Gasteiger partial charge in [-0.2, -0.15) is 0 Å². The summed E-state index contributed by atoms with van der Waals surface area (Å²) in [5.41, 5.74) is 0.638. The molecule has 220 valence electrons. The van der Waals surface area contributed by atoms with Crippen LogP contribution in [0.5, 0.6) is 11.5 Å². The first-order valence-corrected chi connectivity index (χ1v) is 12.7. The van der Waals surface area contributed by atoms with Crippen molar-refractivity contribution in [2.45, 2.75) is 71.4 Å². The van der Waals surface area contributed by atoms with E-state index in [1.54, 1.807) is 31.2 Å². The van der Waals surface area contributed by atoms with Crippen molar-refractivity contribution in [3.8, 4) is 11.5 Å². The van der Waals surface area contributed by atoms with Crippen LogP contribution in [0.1, 0.15) is 56.6 Å². The van der Waals surface area contributed by atoms with Gasteiger partial charge in [0.25, 0.3) is 0 Å². The fourth-order valence-electron chi connectivity index (χ4n) is 4.95. The summed E-state index contributed by atoms with van der Waals surface area (Å²) >= 11 is 0. The van der Waals surface area contributed by atoms with Gasteiger partial charge in [-0.1, -0.05) is 12.1 Å². The van der Waals surface area contributed by atoms with E-state index >= 15 is 0 Å². The molecule has 41 heavy (non-hydrogen) atoms. The Bertz CT molecular complexity index is 1380. The van der Waals surface area contributed by atoms with E-state index in [9.17, 15) is 24.0 Å². The zero-order chi connectivity index (χ0) is 30.0. The molecule has 0 unspecified atom stereocenters. The molecule has 13 nitrogen and oxygen atoms in total. The number of ether oxygens (including phenoxy) is 8. The molecule has 0 bridgehead atoms. The summed E-state index contributed by atoms with van der Waals surface area (Å²) in [5, 5.41) is 1.04. The second kappa shape index (κ2) is 12.0. The Balaban J connectivity index is 1.89. The maximum atomic E-state index is 12.7. The van der Waals surface area contributed by atoms with Crippen molar-refractivity contribution < 1.29 is 61.9 Å². The summed E-state index contributed by atoms with van der Waals surface area (Å²) in [7, 11) is 1.46. The molecule has 0 radical (unpaired) electrons. The summed E-state index contributed by atoms with van der Waals surface area (Å²) in [6.07, 6.45) is -7.71. The predicted octanol–water partition coefficient (Wildman–Crippen LogP) is 2.54. The molecule has 6 atom stereocenters. The standard InChI is InChI=1S/C28H30O13/c1-12-21-18(27(33)36-12)10-17-8-7-9-19(34-6)22(17)24(21)41-28-26(39-16(5)32)25(38-15(4)31)23(37-14(3)30)20(40-28)11-35-13(2)29/h7-10,12,20,23,25-26,28H,11H2,1-6H3/t12-,20+,23+,25-,26+,28-/m0/s1. The van der Waals surface area contributed by atoms with Crippen molar-refractivity contribution in [1.82, 2.24) is 0 Å². The van der Waals surface area contributed by atoms with Crippen molar-refractivity contribution in [2.75, 3.05) is 13.7 Å². The van der Waals surface area contributed by atoms with Crippen molar-refractivity contribution in [1.29, 1.82) is 0 Å². The summed E-state index contributed by atoms with van der Waals surface area (Å²) < 4.78 is 45.1. The minimum absolute atomic E-state index is 0.134. The van der Waals surface area contributed by atoms with Crippen LogP contribution in [0, 0.1) is 0 Å². The van der Waals surface area contributed by atoms with Crippen molar-refractivity contribution in [3.63, 3.8) is 0 Å². The van der Waals surface area contributed by atoms with Gasteiger partial charge in [0.1, 0.15) is 30.3 Å². The van der Waals surface area contributed by atoms with E-state index in [2.05, 4.69) is 0 Å². The molecule has 2 aromatic carbocycles. The Labute approximate surface area is 234 Å². The van der Waals surface area contributed by atoms with Gasteiger partial charge in [-0.3, -0.25) is 19.2 Å². The van der Waals surface area contributed by atoms with Gasteiger partial charge in [0, 0.05) is 33.3 Å². The molecule has 2 aromatic rings. The van der Waals surface area contributed by atoms with E-state index in [-0.39, 0.29) is 11.3 Å². The van der Waals surface area contributed by atoms with Crippen LogP contribution in [0.2, 0.25) is 0 Å². The summed E-state index contributed by atoms with van der Waals surface area (Å²) in [5.74, 6) is -3.01. The first-order valence-electron chi connectivity index (χ1n) is 12.7. The number of cyclic esters (lactones) is 1. The number of benzene rings is 2. The molecule has 1 saturated heterocycles. The molecule has 2 aliphatic rings. The van der Waals surface area contributed by atoms with Gasteiger partial charge >= 0.3 is 29.8 Å². The zero-order valence-electron chi connectivity index (χ0n) is 23.3. The highest BCUT2D eigenvalue weighted by molar-refractivity contribution is 6.04. The molecule has 2 heterocycles. The quantitative estimate of drug-likeness (QED) is 0.335. The number of hydrogen-bond acceptors (Lipinski definition) is 13. The number of esters is 5. The largest absolute Gasteiger partial charge is 0.496 e. The van der Waals surface area contributed by atoms with Crippen molar-refractivity contribution >= 4 is 40.6 Å². The Morgan fingerprint density at radius 1 is 0.878 bits per heavy atom. The zero-order valence-corrected chi connectivity index (χ0v) is 23.3. The van der Waals surface area contributed by atoms with Gasteiger partial charge in [-0.25, -0.2) is 4.79 Å². The fraction of sp³-hybridized carbons (Fsp3) is 0.464. The average molecular weight is 575 g/mol. The van der Waals surface area contributed by atoms with Crippen LogP contribution < -0.4 is 9.47 Å². The minimum atomic E-state index is -1.52. The lowest BCUT2D eigenvalue weighted by Crippen LogP contribution is -2.63. The van der Waals surface area contributed by atoms with Crippen LogP contribution in [0.25, 0.3) is 10.8 Å². The molecule has 0 spiro atoms. The van der Waals surface area contributed by atoms with Gasteiger partial charge in [0.15, 0.2) is 12.2 Å². The molecule has 4 rings (SSSR count). The SMILES string of the molecule is COc1cccc2cc3c(c(O[C@@H]4O[C@H](COC(C)=O)[C@@H](OC(C)=O)[C@H](OC(C)=O)[C@H]4OC(C)=O)c12)[C@H](C)OC3=O. The molecular weight excluding hydrogens is 544 g/mol. The van der Waals surface area contributed by atoms with E-state index in [4.69, 9.17) is 37.9 Å². The topological polar surface area (TPSA) is 159 Å². The number of methoxy groups -OCH3 is 1. The predicted molar refractivity (Wildman–Crippen MR) is 137 cm³/mol. The molecule has 2 aliphatic heterocycles. The lowest BCUT2D eigenvalue weighted by atomic mass is 9.96. The number of rotatable bonds is 8. The molecule has 1 fully saturated rings. The van der Waals surface area contributed by atoms with Crippen LogP contribution >= 0.6 is 0 Å². The van der Waals surface area contributed by atoms with Crippen LogP contribution in [0.3, 0.4) is 0 Å². The number of fused-ring (bicyclic) bond motifs is 2. The van der Waals surface area contributed by atoms with Gasteiger partial charge in [0.05, 0.1) is 18.1 Å². The number of carbonyl (C=O) groups is 5. The van der Waals surface area contributed by atoms with Gasteiger partial charge in [0.2, 0.25) is 12.4 Å². The normalized spacial score (nSPS) is 25.0. The molecule has 0 saturated carbocycles. The lowest BCUT2D eigenvalue weighted by Gasteiger charge is -2.44. The third kappa shape index (κ3) is 6.19. The molecule has 0 aliphatic carbocycles. The van der Waals surface area contributed by atoms with Crippen molar-refractivity contribution in [3.05, 3.63) is 35.4 Å². The third-order valence-corrected chi connectivity index (χ3v) is 6.43. The average Bonchev–Trinajstić information content (AvgIpc) is 3.17. The third-order valence-electron chi connectivity index (χ3n) is 6.43.